The van der Waals surface area contributed by atoms with Gasteiger partial charge in [0.15, 0.2) is 0 Å². The minimum Gasteiger partial charge on any atom is -0.352 e. The van der Waals surface area contributed by atoms with Gasteiger partial charge in [-0.05, 0) is 67.4 Å². The van der Waals surface area contributed by atoms with Crippen molar-refractivity contribution >= 4 is 27.4 Å². The summed E-state index contributed by atoms with van der Waals surface area (Å²) in [6.45, 7) is 5.75. The first-order valence-corrected chi connectivity index (χ1v) is 12.4. The Morgan fingerprint density at radius 3 is 2.41 bits per heavy atom. The standard InChI is InChI=1S/C25H25N5O3S/c1-18-5-6-19(2)23(16-18)34(32,33)28-22-9-7-20(8-10-22)25(31)30-14-12-29(13-15-30)24-21(17-26)4-3-11-27-24/h3-11,16,28H,12-15H2,1-2H3. The maximum absolute atomic E-state index is 13.0. The monoisotopic (exact) mass is 475 g/mol. The molecular formula is C25H25N5O3S. The molecule has 1 fully saturated rings. The number of benzene rings is 2. The number of carbonyl (C=O) groups excluding carboxylic acids is 1. The van der Waals surface area contributed by atoms with Crippen LogP contribution < -0.4 is 9.62 Å². The van der Waals surface area contributed by atoms with Crippen LogP contribution in [-0.2, 0) is 10.0 Å². The number of nitrogens with zero attached hydrogens (tertiary/aromatic N) is 4. The second-order valence-corrected chi connectivity index (χ2v) is 9.87. The molecule has 1 amide bonds. The van der Waals surface area contributed by atoms with Crippen LogP contribution in [0.4, 0.5) is 11.5 Å². The van der Waals surface area contributed by atoms with E-state index in [1.165, 1.54) is 0 Å². The molecule has 34 heavy (non-hydrogen) atoms. The van der Waals surface area contributed by atoms with Crippen LogP contribution >= 0.6 is 0 Å². The molecule has 4 rings (SSSR count). The Morgan fingerprint density at radius 1 is 1.03 bits per heavy atom. The fraction of sp³-hybridized carbons (Fsp3) is 0.240. The molecule has 9 heteroatoms. The van der Waals surface area contributed by atoms with Crippen LogP contribution in [0.3, 0.4) is 0 Å². The topological polar surface area (TPSA) is 106 Å². The minimum atomic E-state index is -3.74. The summed E-state index contributed by atoms with van der Waals surface area (Å²) >= 11 is 0. The van der Waals surface area contributed by atoms with E-state index in [4.69, 9.17) is 0 Å². The van der Waals surface area contributed by atoms with Crippen molar-refractivity contribution in [3.8, 4) is 6.07 Å². The third-order valence-corrected chi connectivity index (χ3v) is 7.31. The number of pyridine rings is 1. The highest BCUT2D eigenvalue weighted by molar-refractivity contribution is 7.92. The van der Waals surface area contributed by atoms with Gasteiger partial charge in [0.1, 0.15) is 11.9 Å². The molecule has 0 radical (unpaired) electrons. The second kappa shape index (κ2) is 9.53. The third-order valence-electron chi connectivity index (χ3n) is 5.79. The van der Waals surface area contributed by atoms with Gasteiger partial charge in [0.05, 0.1) is 10.5 Å². The number of piperazine rings is 1. The molecule has 0 aliphatic carbocycles. The van der Waals surface area contributed by atoms with Gasteiger partial charge in [-0.3, -0.25) is 9.52 Å². The average molecular weight is 476 g/mol. The van der Waals surface area contributed by atoms with Gasteiger partial charge in [-0.15, -0.1) is 0 Å². The van der Waals surface area contributed by atoms with Gasteiger partial charge in [-0.1, -0.05) is 12.1 Å². The Morgan fingerprint density at radius 2 is 1.74 bits per heavy atom. The number of rotatable bonds is 5. The molecule has 174 valence electrons. The molecule has 0 bridgehead atoms. The van der Waals surface area contributed by atoms with E-state index < -0.39 is 10.0 Å². The Hall–Kier alpha value is -3.90. The summed E-state index contributed by atoms with van der Waals surface area (Å²) in [4.78, 5) is 21.3. The van der Waals surface area contributed by atoms with Gasteiger partial charge in [-0.2, -0.15) is 5.26 Å². The van der Waals surface area contributed by atoms with Crippen LogP contribution in [0, 0.1) is 25.2 Å². The van der Waals surface area contributed by atoms with Crippen molar-refractivity contribution in [3.05, 3.63) is 83.0 Å². The van der Waals surface area contributed by atoms with Crippen LogP contribution in [0.15, 0.2) is 65.7 Å². The summed E-state index contributed by atoms with van der Waals surface area (Å²) in [5.74, 6) is 0.516. The quantitative estimate of drug-likeness (QED) is 0.607. The van der Waals surface area contributed by atoms with Gasteiger partial charge in [0.25, 0.3) is 15.9 Å². The molecule has 8 nitrogen and oxygen atoms in total. The summed E-state index contributed by atoms with van der Waals surface area (Å²) in [6.07, 6.45) is 1.66. The molecule has 1 N–H and O–H groups in total. The number of aryl methyl sites for hydroxylation is 2. The second-order valence-electron chi connectivity index (χ2n) is 8.22. The van der Waals surface area contributed by atoms with Crippen LogP contribution in [0.2, 0.25) is 0 Å². The minimum absolute atomic E-state index is 0.120. The molecule has 1 saturated heterocycles. The van der Waals surface area contributed by atoms with E-state index in [1.54, 1.807) is 66.6 Å². The zero-order valence-electron chi connectivity index (χ0n) is 19.0. The largest absolute Gasteiger partial charge is 0.352 e. The van der Waals surface area contributed by atoms with Gasteiger partial charge >= 0.3 is 0 Å². The summed E-state index contributed by atoms with van der Waals surface area (Å²) in [6, 6.07) is 17.4. The van der Waals surface area contributed by atoms with Crippen molar-refractivity contribution in [2.24, 2.45) is 0 Å². The Labute approximate surface area is 199 Å². The van der Waals surface area contributed by atoms with Crippen molar-refractivity contribution in [1.82, 2.24) is 9.88 Å². The van der Waals surface area contributed by atoms with E-state index in [0.717, 1.165) is 5.56 Å². The third kappa shape index (κ3) is 4.87. The number of nitrogens with one attached hydrogen (secondary N) is 1. The molecule has 2 heterocycles. The number of hydrogen-bond donors (Lipinski definition) is 1. The molecule has 0 atom stereocenters. The number of hydrogen-bond acceptors (Lipinski definition) is 6. The van der Waals surface area contributed by atoms with E-state index in [-0.39, 0.29) is 10.8 Å². The first kappa shape index (κ1) is 23.3. The molecule has 3 aromatic rings. The Kier molecular flexibility index (Phi) is 6.52. The van der Waals surface area contributed by atoms with Gasteiger partial charge in [-0.25, -0.2) is 13.4 Å². The van der Waals surface area contributed by atoms with E-state index in [1.807, 2.05) is 17.9 Å². The van der Waals surface area contributed by atoms with Crippen molar-refractivity contribution < 1.29 is 13.2 Å². The average Bonchev–Trinajstić information content (AvgIpc) is 2.85. The van der Waals surface area contributed by atoms with E-state index in [9.17, 15) is 18.5 Å². The molecule has 2 aromatic carbocycles. The summed E-state index contributed by atoms with van der Waals surface area (Å²) < 4.78 is 28.2. The molecule has 0 unspecified atom stereocenters. The highest BCUT2D eigenvalue weighted by Crippen LogP contribution is 2.22. The lowest BCUT2D eigenvalue weighted by Crippen LogP contribution is -2.49. The number of amides is 1. The van der Waals surface area contributed by atoms with Crippen molar-refractivity contribution in [1.29, 1.82) is 5.26 Å². The molecule has 0 saturated carbocycles. The Balaban J connectivity index is 1.41. The smallest absolute Gasteiger partial charge is 0.262 e. The zero-order chi connectivity index (χ0) is 24.3. The summed E-state index contributed by atoms with van der Waals surface area (Å²) in [5, 5.41) is 9.30. The van der Waals surface area contributed by atoms with Crippen LogP contribution in [0.25, 0.3) is 0 Å². The molecule has 1 aliphatic heterocycles. The zero-order valence-corrected chi connectivity index (χ0v) is 19.8. The van der Waals surface area contributed by atoms with E-state index in [2.05, 4.69) is 15.8 Å². The van der Waals surface area contributed by atoms with Crippen LogP contribution in [-0.4, -0.2) is 50.4 Å². The van der Waals surface area contributed by atoms with E-state index >= 15 is 0 Å². The number of nitriles is 1. The van der Waals surface area contributed by atoms with Gasteiger partial charge < -0.3 is 9.80 Å². The fourth-order valence-corrected chi connectivity index (χ4v) is 5.32. The maximum Gasteiger partial charge on any atom is 0.262 e. The van der Waals surface area contributed by atoms with E-state index in [0.29, 0.717) is 54.4 Å². The SMILES string of the molecule is Cc1ccc(C)c(S(=O)(=O)Nc2ccc(C(=O)N3CCN(c4ncccc4C#N)CC3)cc2)c1. The fourth-order valence-electron chi connectivity index (χ4n) is 3.93. The van der Waals surface area contributed by atoms with Gasteiger partial charge in [0, 0.05) is 43.6 Å². The summed E-state index contributed by atoms with van der Waals surface area (Å²) in [7, 11) is -3.74. The van der Waals surface area contributed by atoms with Crippen LogP contribution in [0.1, 0.15) is 27.0 Å². The Bertz CT molecular complexity index is 1360. The predicted octanol–water partition coefficient (Wildman–Crippen LogP) is 3.33. The lowest BCUT2D eigenvalue weighted by Gasteiger charge is -2.35. The lowest BCUT2D eigenvalue weighted by atomic mass is 10.1. The predicted molar refractivity (Wildman–Crippen MR) is 130 cm³/mol. The lowest BCUT2D eigenvalue weighted by molar-refractivity contribution is 0.0746. The van der Waals surface area contributed by atoms with Crippen molar-refractivity contribution in [2.75, 3.05) is 35.8 Å². The van der Waals surface area contributed by atoms with Crippen molar-refractivity contribution in [2.45, 2.75) is 18.7 Å². The molecular weight excluding hydrogens is 450 g/mol. The molecule has 1 aromatic heterocycles. The highest BCUT2D eigenvalue weighted by atomic mass is 32.2. The normalized spacial score (nSPS) is 13.9. The number of aromatic nitrogens is 1. The summed E-state index contributed by atoms with van der Waals surface area (Å²) in [5.41, 5.74) is 2.91. The first-order chi connectivity index (χ1) is 16.3. The van der Waals surface area contributed by atoms with Crippen LogP contribution in [0.5, 0.6) is 0 Å². The maximum atomic E-state index is 13.0. The number of sulfonamides is 1. The highest BCUT2D eigenvalue weighted by Gasteiger charge is 2.24. The molecule has 1 aliphatic rings. The van der Waals surface area contributed by atoms with Crippen molar-refractivity contribution in [3.63, 3.8) is 0 Å². The number of carbonyl (C=O) groups is 1. The molecule has 0 spiro atoms. The first-order valence-electron chi connectivity index (χ1n) is 10.9. The van der Waals surface area contributed by atoms with Gasteiger partial charge in [0.2, 0.25) is 0 Å². The number of anilines is 2.